The molecule has 2 heteroatoms. The summed E-state index contributed by atoms with van der Waals surface area (Å²) in [4.78, 5) is 12.3. The average molecular weight is 288 g/mol. The van der Waals surface area contributed by atoms with Crippen molar-refractivity contribution in [2.45, 2.75) is 77.7 Å². The molecule has 21 heavy (non-hydrogen) atoms. The number of hydrogen-bond acceptors (Lipinski definition) is 2. The van der Waals surface area contributed by atoms with Crippen molar-refractivity contribution >= 4 is 5.78 Å². The fraction of sp³-hybridized carbons (Fsp3) is 0.842. The Morgan fingerprint density at radius 1 is 1.29 bits per heavy atom. The van der Waals surface area contributed by atoms with Crippen LogP contribution in [0.3, 0.4) is 0 Å². The molecular weight excluding hydrogens is 260 g/mol. The summed E-state index contributed by atoms with van der Waals surface area (Å²) in [6, 6.07) is 0. The first kappa shape index (κ1) is 15.1. The van der Waals surface area contributed by atoms with Crippen LogP contribution in [0.5, 0.6) is 0 Å². The lowest BCUT2D eigenvalue weighted by Gasteiger charge is -2.43. The van der Waals surface area contributed by atoms with Crippen LogP contribution in [0.15, 0.2) is 0 Å². The summed E-state index contributed by atoms with van der Waals surface area (Å²) in [7, 11) is 0. The summed E-state index contributed by atoms with van der Waals surface area (Å²) in [6.07, 6.45) is 8.82. The lowest BCUT2D eigenvalue weighted by atomic mass is 9.60. The zero-order valence-electron chi connectivity index (χ0n) is 13.7. The molecule has 0 bridgehead atoms. The first-order valence-electron chi connectivity index (χ1n) is 8.52. The van der Waals surface area contributed by atoms with E-state index in [-0.39, 0.29) is 5.41 Å². The van der Waals surface area contributed by atoms with E-state index in [1.165, 1.54) is 25.7 Å². The van der Waals surface area contributed by atoms with Crippen LogP contribution in [-0.2, 0) is 4.79 Å². The number of aliphatic hydroxyl groups is 1. The Labute approximate surface area is 128 Å². The minimum atomic E-state index is -0.890. The van der Waals surface area contributed by atoms with Crippen LogP contribution >= 0.6 is 0 Å². The number of ketones is 1. The molecule has 3 unspecified atom stereocenters. The predicted molar refractivity (Wildman–Crippen MR) is 83.5 cm³/mol. The third kappa shape index (κ3) is 2.66. The first-order chi connectivity index (χ1) is 9.77. The molecule has 0 saturated heterocycles. The van der Waals surface area contributed by atoms with Gasteiger partial charge in [-0.2, -0.15) is 0 Å². The van der Waals surface area contributed by atoms with Crippen molar-refractivity contribution in [3.8, 4) is 11.8 Å². The number of Topliss-reactive ketones (excluding diaryl/α,β-unsaturated/α-hetero) is 1. The molecule has 116 valence electrons. The van der Waals surface area contributed by atoms with Gasteiger partial charge in [0.05, 0.1) is 0 Å². The van der Waals surface area contributed by atoms with Crippen molar-refractivity contribution in [3.05, 3.63) is 0 Å². The SMILES string of the molecule is CC(C)(O)C#CCC1(C2CCC3C(=O)CCCC32C)CC1. The average Bonchev–Trinajstić information content (AvgIpc) is 3.03. The highest BCUT2D eigenvalue weighted by Crippen LogP contribution is 2.68. The van der Waals surface area contributed by atoms with Gasteiger partial charge in [-0.05, 0) is 69.1 Å². The summed E-state index contributed by atoms with van der Waals surface area (Å²) < 4.78 is 0. The third-order valence-corrected chi connectivity index (χ3v) is 6.33. The summed E-state index contributed by atoms with van der Waals surface area (Å²) in [5.74, 6) is 7.71. The van der Waals surface area contributed by atoms with Crippen LogP contribution in [0.4, 0.5) is 0 Å². The Bertz CT molecular complexity index is 498. The molecule has 3 rings (SSSR count). The normalized spacial score (nSPS) is 37.6. The standard InChI is InChI=1S/C19H28O2/c1-17(2,21)9-5-11-19(12-13-19)16-8-7-14-15(20)6-4-10-18(14,16)3/h14,16,21H,4,6-8,10-13H2,1-3H3. The summed E-state index contributed by atoms with van der Waals surface area (Å²) in [5.41, 5.74) is -0.319. The molecule has 2 nitrogen and oxygen atoms in total. The number of carbonyl (C=O) groups is 1. The van der Waals surface area contributed by atoms with E-state index >= 15 is 0 Å². The second-order valence-corrected chi connectivity index (χ2v) is 8.41. The number of fused-ring (bicyclic) bond motifs is 1. The lowest BCUT2D eigenvalue weighted by molar-refractivity contribution is -0.130. The predicted octanol–water partition coefficient (Wildman–Crippen LogP) is 3.72. The van der Waals surface area contributed by atoms with Gasteiger partial charge < -0.3 is 5.11 Å². The van der Waals surface area contributed by atoms with E-state index in [2.05, 4.69) is 18.8 Å². The monoisotopic (exact) mass is 288 g/mol. The highest BCUT2D eigenvalue weighted by molar-refractivity contribution is 5.83. The second kappa shape index (κ2) is 4.85. The molecule has 1 N–H and O–H groups in total. The molecule has 0 radical (unpaired) electrons. The highest BCUT2D eigenvalue weighted by atomic mass is 16.3. The van der Waals surface area contributed by atoms with E-state index in [0.717, 1.165) is 25.7 Å². The minimum Gasteiger partial charge on any atom is -0.378 e. The van der Waals surface area contributed by atoms with Gasteiger partial charge in [-0.1, -0.05) is 18.8 Å². The molecule has 3 fully saturated rings. The van der Waals surface area contributed by atoms with E-state index in [1.807, 2.05) is 0 Å². The molecule has 0 aromatic heterocycles. The van der Waals surface area contributed by atoms with Crippen LogP contribution in [0.1, 0.15) is 72.1 Å². The van der Waals surface area contributed by atoms with Crippen LogP contribution in [0.2, 0.25) is 0 Å². The highest BCUT2D eigenvalue weighted by Gasteiger charge is 2.61. The van der Waals surface area contributed by atoms with Gasteiger partial charge in [0.15, 0.2) is 0 Å². The van der Waals surface area contributed by atoms with Crippen molar-refractivity contribution < 1.29 is 9.90 Å². The van der Waals surface area contributed by atoms with Gasteiger partial charge in [0.25, 0.3) is 0 Å². The molecular formula is C19H28O2. The van der Waals surface area contributed by atoms with Gasteiger partial charge in [-0.25, -0.2) is 0 Å². The Kier molecular flexibility index (Phi) is 3.49. The molecule has 3 saturated carbocycles. The van der Waals surface area contributed by atoms with Crippen molar-refractivity contribution in [1.82, 2.24) is 0 Å². The maximum Gasteiger partial charge on any atom is 0.136 e. The fourth-order valence-corrected chi connectivity index (χ4v) is 5.18. The maximum atomic E-state index is 12.3. The molecule has 0 aliphatic heterocycles. The summed E-state index contributed by atoms with van der Waals surface area (Å²) >= 11 is 0. The molecule has 0 aromatic rings. The Balaban J connectivity index is 1.77. The molecule has 3 aliphatic rings. The molecule has 0 heterocycles. The summed E-state index contributed by atoms with van der Waals surface area (Å²) in [5, 5.41) is 9.75. The Morgan fingerprint density at radius 2 is 2.00 bits per heavy atom. The van der Waals surface area contributed by atoms with Crippen LogP contribution < -0.4 is 0 Å². The molecule has 3 atom stereocenters. The number of rotatable bonds is 2. The van der Waals surface area contributed by atoms with E-state index in [9.17, 15) is 9.90 Å². The number of hydrogen-bond donors (Lipinski definition) is 1. The van der Waals surface area contributed by atoms with Crippen molar-refractivity contribution in [1.29, 1.82) is 0 Å². The number of carbonyl (C=O) groups excluding carboxylic acids is 1. The molecule has 0 aromatic carbocycles. The van der Waals surface area contributed by atoms with Gasteiger partial charge in [-0.15, -0.1) is 0 Å². The van der Waals surface area contributed by atoms with Crippen LogP contribution in [-0.4, -0.2) is 16.5 Å². The van der Waals surface area contributed by atoms with E-state index in [0.29, 0.717) is 23.0 Å². The lowest BCUT2D eigenvalue weighted by Crippen LogP contribution is -2.40. The quantitative estimate of drug-likeness (QED) is 0.786. The van der Waals surface area contributed by atoms with Crippen molar-refractivity contribution in [3.63, 3.8) is 0 Å². The van der Waals surface area contributed by atoms with Gasteiger partial charge in [0.1, 0.15) is 11.4 Å². The van der Waals surface area contributed by atoms with Gasteiger partial charge in [0, 0.05) is 18.8 Å². The zero-order valence-corrected chi connectivity index (χ0v) is 13.7. The Morgan fingerprint density at radius 3 is 2.62 bits per heavy atom. The van der Waals surface area contributed by atoms with Gasteiger partial charge in [0.2, 0.25) is 0 Å². The zero-order chi connectivity index (χ0) is 15.3. The molecule has 0 amide bonds. The van der Waals surface area contributed by atoms with Crippen molar-refractivity contribution in [2.24, 2.45) is 22.7 Å². The molecule has 3 aliphatic carbocycles. The van der Waals surface area contributed by atoms with Crippen LogP contribution in [0, 0.1) is 34.5 Å². The third-order valence-electron chi connectivity index (χ3n) is 6.33. The Hall–Kier alpha value is -0.810. The maximum absolute atomic E-state index is 12.3. The van der Waals surface area contributed by atoms with E-state index in [4.69, 9.17) is 0 Å². The first-order valence-corrected chi connectivity index (χ1v) is 8.52. The largest absolute Gasteiger partial charge is 0.378 e. The second-order valence-electron chi connectivity index (χ2n) is 8.41. The minimum absolute atomic E-state index is 0.224. The molecule has 0 spiro atoms. The fourth-order valence-electron chi connectivity index (χ4n) is 5.18. The topological polar surface area (TPSA) is 37.3 Å². The summed E-state index contributed by atoms with van der Waals surface area (Å²) in [6.45, 7) is 5.86. The van der Waals surface area contributed by atoms with E-state index in [1.54, 1.807) is 13.8 Å². The van der Waals surface area contributed by atoms with Crippen LogP contribution in [0.25, 0.3) is 0 Å². The van der Waals surface area contributed by atoms with Crippen molar-refractivity contribution in [2.75, 3.05) is 0 Å². The smallest absolute Gasteiger partial charge is 0.136 e. The van der Waals surface area contributed by atoms with E-state index < -0.39 is 5.60 Å². The van der Waals surface area contributed by atoms with Gasteiger partial charge >= 0.3 is 0 Å². The van der Waals surface area contributed by atoms with Gasteiger partial charge in [-0.3, -0.25) is 4.79 Å².